The van der Waals surface area contributed by atoms with Crippen LogP contribution in [0.5, 0.6) is 0 Å². The molecule has 2 aromatic rings. The minimum Gasteiger partial charge on any atom is -0.336 e. The first kappa shape index (κ1) is 17.7. The van der Waals surface area contributed by atoms with E-state index in [0.29, 0.717) is 11.1 Å². The van der Waals surface area contributed by atoms with E-state index in [1.165, 1.54) is 0 Å². The number of nitrogens with one attached hydrogen (secondary N) is 1. The van der Waals surface area contributed by atoms with Crippen molar-refractivity contribution in [3.8, 4) is 0 Å². The third-order valence-corrected chi connectivity index (χ3v) is 4.35. The number of amides is 1. The number of hydrogen-bond donors (Lipinski definition) is 1. The minimum absolute atomic E-state index is 0.349. The van der Waals surface area contributed by atoms with E-state index >= 15 is 0 Å². The second-order valence-electron chi connectivity index (χ2n) is 4.67. The highest BCUT2D eigenvalue weighted by Crippen LogP contribution is 2.37. The lowest BCUT2D eigenvalue weighted by Crippen LogP contribution is -2.43. The number of carbonyl (C=O) groups excluding carboxylic acids is 1. The fourth-order valence-corrected chi connectivity index (χ4v) is 2.56. The highest BCUT2D eigenvalue weighted by atomic mass is 79.9. The second kappa shape index (κ2) is 7.29. The summed E-state index contributed by atoms with van der Waals surface area (Å²) in [7, 11) is 0. The van der Waals surface area contributed by atoms with E-state index in [1.54, 1.807) is 54.6 Å². The molecule has 1 amide bonds. The number of hydrogen-bond acceptors (Lipinski definition) is 3. The van der Waals surface area contributed by atoms with Crippen molar-refractivity contribution in [3.05, 3.63) is 80.3 Å². The zero-order valence-corrected chi connectivity index (χ0v) is 14.7. The van der Waals surface area contributed by atoms with E-state index in [-0.39, 0.29) is 0 Å². The van der Waals surface area contributed by atoms with Crippen molar-refractivity contribution in [1.82, 2.24) is 5.32 Å². The topological polar surface area (TPSA) is 72.2 Å². The monoisotopic (exact) mass is 416 g/mol. The zero-order valence-electron chi connectivity index (χ0n) is 11.6. The Labute approximate surface area is 150 Å². The van der Waals surface area contributed by atoms with Crippen LogP contribution in [0.2, 0.25) is 0 Å². The Hall–Kier alpha value is -1.63. The van der Waals surface area contributed by atoms with Gasteiger partial charge < -0.3 is 5.32 Å². The van der Waals surface area contributed by atoms with Gasteiger partial charge >= 0.3 is 4.46 Å². The van der Waals surface area contributed by atoms with Crippen LogP contribution in [-0.2, 0) is 0 Å². The average Bonchev–Trinajstić information content (AvgIpc) is 2.54. The van der Waals surface area contributed by atoms with Gasteiger partial charge in [0.05, 0.1) is 4.92 Å². The van der Waals surface area contributed by atoms with Crippen molar-refractivity contribution in [1.29, 1.82) is 0 Å². The fraction of sp³-hybridized carbons (Fsp3) is 0.133. The van der Waals surface area contributed by atoms with Gasteiger partial charge in [0.2, 0.25) is 0 Å². The molecule has 8 heteroatoms. The molecule has 0 aliphatic heterocycles. The molecule has 0 fully saturated rings. The zero-order chi connectivity index (χ0) is 17.0. The average molecular weight is 418 g/mol. The van der Waals surface area contributed by atoms with Gasteiger partial charge in [0.25, 0.3) is 5.91 Å². The lowest BCUT2D eigenvalue weighted by Gasteiger charge is -2.24. The number of nitrogens with zero attached hydrogens (tertiary/aromatic N) is 1. The van der Waals surface area contributed by atoms with Gasteiger partial charge in [0.15, 0.2) is 6.04 Å². The first-order valence-corrected chi connectivity index (χ1v) is 8.01. The van der Waals surface area contributed by atoms with Gasteiger partial charge in [-0.25, -0.2) is 0 Å². The van der Waals surface area contributed by atoms with Crippen LogP contribution in [0, 0.1) is 10.1 Å². The van der Waals surface area contributed by atoms with E-state index in [2.05, 4.69) is 21.2 Å². The normalized spacial score (nSPS) is 12.5. The fourth-order valence-electron chi connectivity index (χ4n) is 1.94. The quantitative estimate of drug-likeness (QED) is 0.340. The molecule has 1 atom stereocenters. The molecule has 2 rings (SSSR count). The number of nitro groups is 1. The summed E-state index contributed by atoms with van der Waals surface area (Å²) in [4.78, 5) is 22.7. The van der Waals surface area contributed by atoms with E-state index in [9.17, 15) is 14.9 Å². The standard InChI is InChI=1S/C15H11BrCl2N2O3/c16-12-8-6-10(7-9-12)13(15(17,18)20(22)23)19-14(21)11-4-2-1-3-5-11/h1-9,13H,(H,19,21). The van der Waals surface area contributed by atoms with Gasteiger partial charge in [-0.3, -0.25) is 14.9 Å². The SMILES string of the molecule is O=C(NC(c1ccc(Br)cc1)C(Cl)(Cl)[N+](=O)[O-])c1ccccc1. The number of rotatable bonds is 5. The van der Waals surface area contributed by atoms with Gasteiger partial charge in [0.1, 0.15) is 0 Å². The van der Waals surface area contributed by atoms with Gasteiger partial charge in [-0.2, -0.15) is 0 Å². The molecule has 0 aliphatic rings. The van der Waals surface area contributed by atoms with Crippen LogP contribution in [0.3, 0.4) is 0 Å². The van der Waals surface area contributed by atoms with Crippen LogP contribution < -0.4 is 5.32 Å². The van der Waals surface area contributed by atoms with Crippen LogP contribution in [0.4, 0.5) is 0 Å². The molecule has 1 N–H and O–H groups in total. The van der Waals surface area contributed by atoms with Crippen molar-refractivity contribution >= 4 is 45.0 Å². The van der Waals surface area contributed by atoms with Gasteiger partial charge in [-0.15, -0.1) is 0 Å². The maximum atomic E-state index is 12.3. The molecule has 1 unspecified atom stereocenters. The van der Waals surface area contributed by atoms with E-state index in [1.807, 2.05) is 0 Å². The minimum atomic E-state index is -2.40. The lowest BCUT2D eigenvalue weighted by molar-refractivity contribution is -0.521. The van der Waals surface area contributed by atoms with Crippen LogP contribution in [0.1, 0.15) is 22.0 Å². The maximum absolute atomic E-state index is 12.3. The Bertz CT molecular complexity index is 708. The summed E-state index contributed by atoms with van der Waals surface area (Å²) in [5.41, 5.74) is 0.765. The summed E-state index contributed by atoms with van der Waals surface area (Å²) in [5.74, 6) is -0.508. The smallest absolute Gasteiger partial charge is 0.336 e. The molecule has 0 heterocycles. The van der Waals surface area contributed by atoms with Crippen LogP contribution >= 0.6 is 39.1 Å². The van der Waals surface area contributed by atoms with Crippen molar-refractivity contribution in [2.45, 2.75) is 10.5 Å². The van der Waals surface area contributed by atoms with Crippen LogP contribution in [-0.4, -0.2) is 15.3 Å². The first-order chi connectivity index (χ1) is 10.8. The summed E-state index contributed by atoms with van der Waals surface area (Å²) in [6, 6.07) is 13.6. The maximum Gasteiger partial charge on any atom is 0.394 e. The molecule has 0 aliphatic carbocycles. The predicted octanol–water partition coefficient (Wildman–Crippen LogP) is 4.33. The molecule has 2 aromatic carbocycles. The van der Waals surface area contributed by atoms with Crippen LogP contribution in [0.25, 0.3) is 0 Å². The summed E-state index contributed by atoms with van der Waals surface area (Å²) in [6.45, 7) is 0. The molecular formula is C15H11BrCl2N2O3. The van der Waals surface area contributed by atoms with E-state index < -0.39 is 21.3 Å². The summed E-state index contributed by atoms with van der Waals surface area (Å²) >= 11 is 15.0. The number of alkyl halides is 2. The first-order valence-electron chi connectivity index (χ1n) is 6.46. The van der Waals surface area contributed by atoms with E-state index in [4.69, 9.17) is 23.2 Å². The molecule has 0 bridgehead atoms. The molecule has 0 aromatic heterocycles. The number of halogens is 3. The van der Waals surface area contributed by atoms with Gasteiger partial charge in [0, 0.05) is 10.0 Å². The lowest BCUT2D eigenvalue weighted by atomic mass is 10.1. The molecule has 0 saturated heterocycles. The second-order valence-corrected chi connectivity index (χ2v) is 6.93. The Morgan fingerprint density at radius 3 is 2.22 bits per heavy atom. The highest BCUT2D eigenvalue weighted by Gasteiger charge is 2.49. The Balaban J connectivity index is 2.36. The Morgan fingerprint density at radius 1 is 1.13 bits per heavy atom. The van der Waals surface area contributed by atoms with Crippen LogP contribution in [0.15, 0.2) is 59.1 Å². The molecule has 0 saturated carbocycles. The summed E-state index contributed by atoms with van der Waals surface area (Å²) in [6.07, 6.45) is 0. The van der Waals surface area contributed by atoms with Crippen molar-refractivity contribution in [3.63, 3.8) is 0 Å². The van der Waals surface area contributed by atoms with Crippen molar-refractivity contribution in [2.24, 2.45) is 0 Å². The third kappa shape index (κ3) is 4.22. The van der Waals surface area contributed by atoms with Gasteiger partial charge in [-0.05, 0) is 53.0 Å². The summed E-state index contributed by atoms with van der Waals surface area (Å²) < 4.78 is -1.62. The Kier molecular flexibility index (Phi) is 5.62. The van der Waals surface area contributed by atoms with Crippen molar-refractivity contribution in [2.75, 3.05) is 0 Å². The molecule has 5 nitrogen and oxygen atoms in total. The largest absolute Gasteiger partial charge is 0.394 e. The highest BCUT2D eigenvalue weighted by molar-refractivity contribution is 9.10. The Morgan fingerprint density at radius 2 is 1.70 bits per heavy atom. The van der Waals surface area contributed by atoms with Crippen molar-refractivity contribution < 1.29 is 9.72 Å². The summed E-state index contributed by atoms with van der Waals surface area (Å²) in [5, 5.41) is 13.7. The van der Waals surface area contributed by atoms with Gasteiger partial charge in [-0.1, -0.05) is 46.3 Å². The molecule has 120 valence electrons. The molecule has 0 radical (unpaired) electrons. The predicted molar refractivity (Wildman–Crippen MR) is 92.2 cm³/mol. The number of carbonyl (C=O) groups is 1. The third-order valence-electron chi connectivity index (χ3n) is 3.11. The van der Waals surface area contributed by atoms with E-state index in [0.717, 1.165) is 4.47 Å². The molecular weight excluding hydrogens is 407 g/mol. The number of benzene rings is 2. The molecule has 23 heavy (non-hydrogen) atoms. The molecule has 0 spiro atoms.